The first-order valence-electron chi connectivity index (χ1n) is 8.76. The van der Waals surface area contributed by atoms with Crippen LogP contribution in [0.25, 0.3) is 0 Å². The normalized spacial score (nSPS) is 17.3. The Kier molecular flexibility index (Phi) is 5.99. The molecule has 3 rings (SSSR count). The fourth-order valence-electron chi connectivity index (χ4n) is 3.13. The van der Waals surface area contributed by atoms with E-state index in [0.29, 0.717) is 24.7 Å². The number of rotatable bonds is 6. The number of nitrogens with zero attached hydrogens (tertiary/aromatic N) is 2. The molecule has 5 heteroatoms. The van der Waals surface area contributed by atoms with Gasteiger partial charge in [-0.15, -0.1) is 0 Å². The highest BCUT2D eigenvalue weighted by molar-refractivity contribution is 5.76. The van der Waals surface area contributed by atoms with Gasteiger partial charge >= 0.3 is 0 Å². The largest absolute Gasteiger partial charge is 0.493 e. The van der Waals surface area contributed by atoms with E-state index >= 15 is 0 Å². The van der Waals surface area contributed by atoms with Crippen molar-refractivity contribution in [3.63, 3.8) is 0 Å². The third kappa shape index (κ3) is 5.28. The van der Waals surface area contributed by atoms with Crippen LogP contribution >= 0.6 is 0 Å². The van der Waals surface area contributed by atoms with Crippen LogP contribution in [0.3, 0.4) is 0 Å². The molecule has 1 saturated heterocycles. The average Bonchev–Trinajstić information content (AvgIpc) is 2.67. The number of benzene rings is 1. The Morgan fingerprint density at radius 3 is 2.72 bits per heavy atom. The highest BCUT2D eigenvalue weighted by Crippen LogP contribution is 2.20. The van der Waals surface area contributed by atoms with Crippen LogP contribution in [0.4, 0.5) is 4.39 Å². The third-order valence-corrected chi connectivity index (χ3v) is 4.55. The minimum Gasteiger partial charge on any atom is -0.493 e. The van der Waals surface area contributed by atoms with Gasteiger partial charge in [0.25, 0.3) is 0 Å². The standard InChI is InChI=1S/C20H23FN2O2/c21-18-4-6-19(7-5-18)25-15-17-2-1-13-23(14-17)20(24)8-3-16-9-11-22-12-10-16/h4-7,9-12,17H,1-3,8,13-15H2/t17-/m1/s1. The molecule has 2 aromatic rings. The molecule has 1 amide bonds. The average molecular weight is 342 g/mol. The lowest BCUT2D eigenvalue weighted by molar-refractivity contribution is -0.133. The zero-order valence-corrected chi connectivity index (χ0v) is 14.2. The van der Waals surface area contributed by atoms with Crippen molar-refractivity contribution in [3.8, 4) is 5.75 Å². The molecule has 0 radical (unpaired) electrons. The summed E-state index contributed by atoms with van der Waals surface area (Å²) in [6.07, 6.45) is 6.82. The van der Waals surface area contributed by atoms with Crippen LogP contribution in [0.1, 0.15) is 24.8 Å². The van der Waals surface area contributed by atoms with Gasteiger partial charge in [0.2, 0.25) is 5.91 Å². The second-order valence-corrected chi connectivity index (χ2v) is 6.47. The van der Waals surface area contributed by atoms with Gasteiger partial charge in [-0.3, -0.25) is 9.78 Å². The van der Waals surface area contributed by atoms with Gasteiger partial charge in [-0.1, -0.05) is 0 Å². The number of aromatic nitrogens is 1. The van der Waals surface area contributed by atoms with Gasteiger partial charge in [-0.2, -0.15) is 0 Å². The summed E-state index contributed by atoms with van der Waals surface area (Å²) in [7, 11) is 0. The molecular formula is C20H23FN2O2. The zero-order valence-electron chi connectivity index (χ0n) is 14.2. The summed E-state index contributed by atoms with van der Waals surface area (Å²) in [5.41, 5.74) is 1.14. The Morgan fingerprint density at radius 1 is 1.20 bits per heavy atom. The van der Waals surface area contributed by atoms with Crippen molar-refractivity contribution >= 4 is 5.91 Å². The summed E-state index contributed by atoms with van der Waals surface area (Å²) in [6.45, 7) is 2.11. The number of hydrogen-bond acceptors (Lipinski definition) is 3. The predicted octanol–water partition coefficient (Wildman–Crippen LogP) is 3.47. The van der Waals surface area contributed by atoms with Gasteiger partial charge in [0, 0.05) is 37.8 Å². The number of hydrogen-bond donors (Lipinski definition) is 0. The van der Waals surface area contributed by atoms with Crippen LogP contribution in [0.15, 0.2) is 48.8 Å². The van der Waals surface area contributed by atoms with E-state index in [2.05, 4.69) is 4.98 Å². The first-order valence-corrected chi connectivity index (χ1v) is 8.76. The number of halogens is 1. The molecule has 25 heavy (non-hydrogen) atoms. The lowest BCUT2D eigenvalue weighted by Crippen LogP contribution is -2.41. The van der Waals surface area contributed by atoms with Crippen molar-refractivity contribution < 1.29 is 13.9 Å². The minimum absolute atomic E-state index is 0.197. The van der Waals surface area contributed by atoms with E-state index in [-0.39, 0.29) is 11.7 Å². The van der Waals surface area contributed by atoms with Gasteiger partial charge in [0.1, 0.15) is 11.6 Å². The minimum atomic E-state index is -0.268. The number of amides is 1. The van der Waals surface area contributed by atoms with Crippen LogP contribution in [-0.2, 0) is 11.2 Å². The molecule has 1 atom stereocenters. The maximum atomic E-state index is 12.9. The molecule has 1 aromatic heterocycles. The van der Waals surface area contributed by atoms with Gasteiger partial charge in [0.15, 0.2) is 0 Å². The second-order valence-electron chi connectivity index (χ2n) is 6.47. The molecule has 0 spiro atoms. The van der Waals surface area contributed by atoms with Gasteiger partial charge in [-0.25, -0.2) is 4.39 Å². The number of pyridine rings is 1. The molecule has 2 heterocycles. The maximum absolute atomic E-state index is 12.9. The number of aryl methyl sites for hydroxylation is 1. The van der Waals surface area contributed by atoms with Crippen molar-refractivity contribution in [2.75, 3.05) is 19.7 Å². The monoisotopic (exact) mass is 342 g/mol. The van der Waals surface area contributed by atoms with Gasteiger partial charge < -0.3 is 9.64 Å². The highest BCUT2D eigenvalue weighted by atomic mass is 19.1. The number of ether oxygens (including phenoxy) is 1. The summed E-state index contributed by atoms with van der Waals surface area (Å²) in [4.78, 5) is 18.4. The lowest BCUT2D eigenvalue weighted by Gasteiger charge is -2.32. The molecule has 1 aromatic carbocycles. The SMILES string of the molecule is O=C(CCc1ccncc1)N1CCC[C@@H](COc2ccc(F)cc2)C1. The van der Waals surface area contributed by atoms with E-state index < -0.39 is 0 Å². The molecule has 0 unspecified atom stereocenters. The first-order chi connectivity index (χ1) is 12.2. The summed E-state index contributed by atoms with van der Waals surface area (Å²) in [5.74, 6) is 0.922. The second kappa shape index (κ2) is 8.60. The highest BCUT2D eigenvalue weighted by Gasteiger charge is 2.23. The quantitative estimate of drug-likeness (QED) is 0.807. The lowest BCUT2D eigenvalue weighted by atomic mass is 9.98. The van der Waals surface area contributed by atoms with Crippen LogP contribution in [-0.4, -0.2) is 35.5 Å². The summed E-state index contributed by atoms with van der Waals surface area (Å²) in [6, 6.07) is 9.95. The Hall–Kier alpha value is -2.43. The molecule has 1 fully saturated rings. The van der Waals surface area contributed by atoms with Gasteiger partial charge in [-0.05, 0) is 61.2 Å². The number of carbonyl (C=O) groups excluding carboxylic acids is 1. The number of carbonyl (C=O) groups is 1. The topological polar surface area (TPSA) is 42.4 Å². The Morgan fingerprint density at radius 2 is 1.96 bits per heavy atom. The van der Waals surface area contributed by atoms with E-state index in [1.54, 1.807) is 24.5 Å². The van der Waals surface area contributed by atoms with Crippen LogP contribution < -0.4 is 4.74 Å². The maximum Gasteiger partial charge on any atom is 0.222 e. The van der Waals surface area contributed by atoms with Crippen molar-refractivity contribution in [2.45, 2.75) is 25.7 Å². The summed E-state index contributed by atoms with van der Waals surface area (Å²) >= 11 is 0. The molecule has 132 valence electrons. The molecule has 0 saturated carbocycles. The van der Waals surface area contributed by atoms with Gasteiger partial charge in [0.05, 0.1) is 6.61 Å². The van der Waals surface area contributed by atoms with Crippen molar-refractivity contribution in [2.24, 2.45) is 5.92 Å². The van der Waals surface area contributed by atoms with E-state index in [9.17, 15) is 9.18 Å². The van der Waals surface area contributed by atoms with Crippen LogP contribution in [0.2, 0.25) is 0 Å². The number of piperidine rings is 1. The molecule has 0 N–H and O–H groups in total. The van der Waals surface area contributed by atoms with E-state index in [4.69, 9.17) is 4.74 Å². The Balaban J connectivity index is 1.45. The molecule has 1 aliphatic rings. The summed E-state index contributed by atoms with van der Waals surface area (Å²) in [5, 5.41) is 0. The van der Waals surface area contributed by atoms with Crippen LogP contribution in [0, 0.1) is 11.7 Å². The summed E-state index contributed by atoms with van der Waals surface area (Å²) < 4.78 is 18.7. The molecule has 1 aliphatic heterocycles. The molecular weight excluding hydrogens is 319 g/mol. The smallest absolute Gasteiger partial charge is 0.222 e. The molecule has 4 nitrogen and oxygen atoms in total. The van der Waals surface area contributed by atoms with Crippen molar-refractivity contribution in [1.29, 1.82) is 0 Å². The zero-order chi connectivity index (χ0) is 17.5. The van der Waals surface area contributed by atoms with E-state index in [1.807, 2.05) is 17.0 Å². The Bertz CT molecular complexity index is 676. The van der Waals surface area contributed by atoms with Crippen molar-refractivity contribution in [1.82, 2.24) is 9.88 Å². The Labute approximate surface area is 147 Å². The van der Waals surface area contributed by atoms with Crippen LogP contribution in [0.5, 0.6) is 5.75 Å². The predicted molar refractivity (Wildman–Crippen MR) is 93.8 cm³/mol. The van der Waals surface area contributed by atoms with E-state index in [1.165, 1.54) is 12.1 Å². The molecule has 0 aliphatic carbocycles. The fraction of sp³-hybridized carbons (Fsp3) is 0.400. The first kappa shape index (κ1) is 17.4. The fourth-order valence-corrected chi connectivity index (χ4v) is 3.13. The van der Waals surface area contributed by atoms with Crippen molar-refractivity contribution in [3.05, 3.63) is 60.2 Å². The van der Waals surface area contributed by atoms with E-state index in [0.717, 1.165) is 37.9 Å². The third-order valence-electron chi connectivity index (χ3n) is 4.55. The molecule has 0 bridgehead atoms. The number of likely N-dealkylation sites (tertiary alicyclic amines) is 1.